The van der Waals surface area contributed by atoms with Gasteiger partial charge in [0.15, 0.2) is 0 Å². The Morgan fingerprint density at radius 1 is 1.11 bits per heavy atom. The van der Waals surface area contributed by atoms with E-state index in [0.717, 1.165) is 5.56 Å². The van der Waals surface area contributed by atoms with Gasteiger partial charge in [0.25, 0.3) is 0 Å². The molecule has 0 radical (unpaired) electrons. The Balaban J connectivity index is 2.64. The zero-order valence-electron chi connectivity index (χ0n) is 17.0. The van der Waals surface area contributed by atoms with E-state index in [0.29, 0.717) is 25.6 Å². The molecule has 0 saturated heterocycles. The maximum absolute atomic E-state index is 12.1. The van der Waals surface area contributed by atoms with Gasteiger partial charge in [-0.3, -0.25) is 4.79 Å². The molecular formula is C21H33N3O3. The highest BCUT2D eigenvalue weighted by atomic mass is 16.6. The van der Waals surface area contributed by atoms with Gasteiger partial charge >= 0.3 is 6.09 Å². The van der Waals surface area contributed by atoms with Crippen molar-refractivity contribution in [2.75, 3.05) is 13.1 Å². The Labute approximate surface area is 162 Å². The summed E-state index contributed by atoms with van der Waals surface area (Å²) in [5.41, 5.74) is 0.482. The van der Waals surface area contributed by atoms with E-state index in [-0.39, 0.29) is 11.9 Å². The molecule has 1 rings (SSSR count). The summed E-state index contributed by atoms with van der Waals surface area (Å²) in [5.74, 6) is -0.190. The van der Waals surface area contributed by atoms with E-state index >= 15 is 0 Å². The van der Waals surface area contributed by atoms with Gasteiger partial charge < -0.3 is 20.7 Å². The van der Waals surface area contributed by atoms with Crippen molar-refractivity contribution in [1.82, 2.24) is 16.0 Å². The third-order valence-corrected chi connectivity index (χ3v) is 3.46. The lowest BCUT2D eigenvalue weighted by Gasteiger charge is -2.22. The Kier molecular flexibility index (Phi) is 9.58. The number of amides is 2. The molecule has 0 aromatic heterocycles. The number of hydrogen-bond acceptors (Lipinski definition) is 4. The van der Waals surface area contributed by atoms with Gasteiger partial charge in [-0.1, -0.05) is 50.3 Å². The first-order chi connectivity index (χ1) is 12.7. The number of alkyl carbamates (subject to hydrolysis) is 1. The van der Waals surface area contributed by atoms with Crippen LogP contribution in [0.1, 0.15) is 40.2 Å². The van der Waals surface area contributed by atoms with Crippen molar-refractivity contribution >= 4 is 12.0 Å². The summed E-state index contributed by atoms with van der Waals surface area (Å²) < 4.78 is 5.32. The highest BCUT2D eigenvalue weighted by molar-refractivity contribution is 5.87. The Morgan fingerprint density at radius 3 is 2.37 bits per heavy atom. The van der Waals surface area contributed by atoms with Gasteiger partial charge in [-0.05, 0) is 32.8 Å². The second-order valence-electron chi connectivity index (χ2n) is 7.70. The van der Waals surface area contributed by atoms with Crippen LogP contribution in [0.3, 0.4) is 0 Å². The number of hydrogen-bond donors (Lipinski definition) is 3. The molecule has 3 N–H and O–H groups in total. The van der Waals surface area contributed by atoms with Crippen LogP contribution in [0.25, 0.3) is 0 Å². The number of ether oxygens (including phenoxy) is 1. The zero-order chi connectivity index (χ0) is 20.3. The van der Waals surface area contributed by atoms with E-state index in [1.807, 2.05) is 51.1 Å². The maximum atomic E-state index is 12.1. The molecular weight excluding hydrogens is 342 g/mol. The molecule has 0 spiro atoms. The normalized spacial score (nSPS) is 12.8. The van der Waals surface area contributed by atoms with Crippen LogP contribution in [0.2, 0.25) is 0 Å². The smallest absolute Gasteiger partial charge is 0.408 e. The fourth-order valence-corrected chi connectivity index (χ4v) is 2.30. The average Bonchev–Trinajstić information content (AvgIpc) is 2.55. The molecule has 0 aliphatic heterocycles. The van der Waals surface area contributed by atoms with Gasteiger partial charge in [0.2, 0.25) is 5.91 Å². The molecule has 0 fully saturated rings. The number of carbonyl (C=O) groups excluding carboxylic acids is 2. The molecule has 6 nitrogen and oxygen atoms in total. The molecule has 0 unspecified atom stereocenters. The molecule has 0 heterocycles. The number of nitrogens with one attached hydrogen (secondary N) is 3. The van der Waals surface area contributed by atoms with Gasteiger partial charge in [0, 0.05) is 25.2 Å². The number of carbonyl (C=O) groups is 2. The van der Waals surface area contributed by atoms with E-state index in [1.54, 1.807) is 6.08 Å². The Bertz CT molecular complexity index is 607. The van der Waals surface area contributed by atoms with Gasteiger partial charge in [-0.15, -0.1) is 0 Å². The van der Waals surface area contributed by atoms with Crippen LogP contribution < -0.4 is 16.0 Å². The van der Waals surface area contributed by atoms with E-state index in [4.69, 9.17) is 4.74 Å². The van der Waals surface area contributed by atoms with E-state index < -0.39 is 11.7 Å². The summed E-state index contributed by atoms with van der Waals surface area (Å²) in [7, 11) is 0. The van der Waals surface area contributed by atoms with Crippen LogP contribution >= 0.6 is 0 Å². The Hall–Kier alpha value is -2.34. The van der Waals surface area contributed by atoms with E-state index in [1.165, 1.54) is 6.08 Å². The van der Waals surface area contributed by atoms with Crippen LogP contribution in [0, 0.1) is 0 Å². The van der Waals surface area contributed by atoms with Crippen LogP contribution in [0.5, 0.6) is 0 Å². The molecule has 27 heavy (non-hydrogen) atoms. The van der Waals surface area contributed by atoms with Crippen molar-refractivity contribution in [1.29, 1.82) is 0 Å². The summed E-state index contributed by atoms with van der Waals surface area (Å²) in [6.45, 7) is 10.8. The number of rotatable bonds is 9. The first kappa shape index (κ1) is 22.7. The molecule has 1 aromatic carbocycles. The third kappa shape index (κ3) is 11.8. The van der Waals surface area contributed by atoms with Crippen LogP contribution in [-0.4, -0.2) is 42.8 Å². The minimum absolute atomic E-state index is 0.190. The fourth-order valence-electron chi connectivity index (χ4n) is 2.30. The molecule has 0 aliphatic rings. The SMILES string of the molecule is CC(C)NCCNC(=O)C=C[C@H](Cc1ccccc1)NC(=O)OC(C)(C)C. The lowest BCUT2D eigenvalue weighted by molar-refractivity contribution is -0.116. The minimum Gasteiger partial charge on any atom is -0.444 e. The largest absolute Gasteiger partial charge is 0.444 e. The third-order valence-electron chi connectivity index (χ3n) is 3.46. The van der Waals surface area contributed by atoms with Gasteiger partial charge in [0.05, 0.1) is 6.04 Å². The lowest BCUT2D eigenvalue weighted by Crippen LogP contribution is -2.39. The fraction of sp³-hybridized carbons (Fsp3) is 0.524. The van der Waals surface area contributed by atoms with Crippen molar-refractivity contribution < 1.29 is 14.3 Å². The highest BCUT2D eigenvalue weighted by Crippen LogP contribution is 2.09. The first-order valence-electron chi connectivity index (χ1n) is 9.38. The molecule has 6 heteroatoms. The zero-order valence-corrected chi connectivity index (χ0v) is 17.0. The second kappa shape index (κ2) is 11.4. The van der Waals surface area contributed by atoms with E-state index in [9.17, 15) is 9.59 Å². The van der Waals surface area contributed by atoms with Crippen LogP contribution in [0.4, 0.5) is 4.79 Å². The first-order valence-corrected chi connectivity index (χ1v) is 9.38. The van der Waals surface area contributed by atoms with Gasteiger partial charge in [-0.2, -0.15) is 0 Å². The molecule has 1 atom stereocenters. The topological polar surface area (TPSA) is 79.5 Å². The molecule has 0 saturated carbocycles. The van der Waals surface area contributed by atoms with Crippen molar-refractivity contribution in [3.8, 4) is 0 Å². The van der Waals surface area contributed by atoms with Gasteiger partial charge in [0.1, 0.15) is 5.60 Å². The second-order valence-corrected chi connectivity index (χ2v) is 7.70. The lowest BCUT2D eigenvalue weighted by atomic mass is 10.1. The molecule has 0 bridgehead atoms. The molecule has 2 amide bonds. The number of benzene rings is 1. The van der Waals surface area contributed by atoms with Crippen molar-refractivity contribution in [2.45, 2.75) is 58.7 Å². The highest BCUT2D eigenvalue weighted by Gasteiger charge is 2.18. The summed E-state index contributed by atoms with van der Waals surface area (Å²) in [5, 5.41) is 8.87. The Morgan fingerprint density at radius 2 is 1.78 bits per heavy atom. The van der Waals surface area contributed by atoms with E-state index in [2.05, 4.69) is 29.8 Å². The van der Waals surface area contributed by atoms with Crippen LogP contribution in [0.15, 0.2) is 42.5 Å². The molecule has 150 valence electrons. The summed E-state index contributed by atoms with van der Waals surface area (Å²) in [6.07, 6.45) is 3.22. The average molecular weight is 376 g/mol. The summed E-state index contributed by atoms with van der Waals surface area (Å²) in [4.78, 5) is 24.1. The summed E-state index contributed by atoms with van der Waals surface area (Å²) in [6, 6.07) is 9.82. The molecule has 0 aliphatic carbocycles. The standard InChI is InChI=1S/C21H33N3O3/c1-16(2)22-13-14-23-19(25)12-11-18(15-17-9-7-6-8-10-17)24-20(26)27-21(3,4)5/h6-12,16,18,22H,13-15H2,1-5H3,(H,23,25)(H,24,26)/t18-/m1/s1. The van der Waals surface area contributed by atoms with Crippen molar-refractivity contribution in [3.05, 3.63) is 48.0 Å². The summed E-state index contributed by atoms with van der Waals surface area (Å²) >= 11 is 0. The van der Waals surface area contributed by atoms with Crippen molar-refractivity contribution in [2.24, 2.45) is 0 Å². The monoisotopic (exact) mass is 375 g/mol. The van der Waals surface area contributed by atoms with Crippen molar-refractivity contribution in [3.63, 3.8) is 0 Å². The molecule has 1 aromatic rings. The van der Waals surface area contributed by atoms with Crippen LogP contribution in [-0.2, 0) is 16.0 Å². The minimum atomic E-state index is -0.577. The predicted molar refractivity (Wildman–Crippen MR) is 109 cm³/mol. The maximum Gasteiger partial charge on any atom is 0.408 e. The van der Waals surface area contributed by atoms with Gasteiger partial charge in [-0.25, -0.2) is 4.79 Å². The quantitative estimate of drug-likeness (QED) is 0.458. The predicted octanol–water partition coefficient (Wildman–Crippen LogP) is 2.79.